The lowest BCUT2D eigenvalue weighted by atomic mass is 10.0. The minimum Gasteiger partial charge on any atom is -0.490 e. The molecule has 0 amide bonds. The van der Waals surface area contributed by atoms with Crippen LogP contribution in [0, 0.1) is 0 Å². The van der Waals surface area contributed by atoms with Crippen molar-refractivity contribution in [2.75, 3.05) is 23.7 Å². The van der Waals surface area contributed by atoms with Crippen molar-refractivity contribution in [3.05, 3.63) is 70.0 Å². The zero-order chi connectivity index (χ0) is 18.9. The van der Waals surface area contributed by atoms with Gasteiger partial charge >= 0.3 is 0 Å². The summed E-state index contributed by atoms with van der Waals surface area (Å²) < 4.78 is 6.34. The number of fused-ring (bicyclic) bond motifs is 3. The maximum absolute atomic E-state index is 12.3. The molecule has 0 spiro atoms. The topological polar surface area (TPSA) is 45.3 Å². The van der Waals surface area contributed by atoms with Gasteiger partial charge in [0.05, 0.1) is 0 Å². The number of para-hydroxylation sites is 1. The number of nitrogens with one attached hydrogen (secondary N) is 1. The van der Waals surface area contributed by atoms with E-state index in [4.69, 9.17) is 4.74 Å². The molecule has 0 aliphatic carbocycles. The normalized spacial score (nSPS) is 16.9. The fourth-order valence-electron chi connectivity index (χ4n) is 4.30. The monoisotopic (exact) mass is 428 g/mol. The second-order valence-corrected chi connectivity index (χ2v) is 8.67. The summed E-state index contributed by atoms with van der Waals surface area (Å²) in [5.74, 6) is 2.80. The third-order valence-corrected chi connectivity index (χ3v) is 6.80. The minimum atomic E-state index is 0. The molecule has 0 saturated carbocycles. The first-order valence-corrected chi connectivity index (χ1v) is 11.2. The number of pyridine rings is 1. The smallest absolute Gasteiger partial charge is 0.252 e. The lowest BCUT2D eigenvalue weighted by molar-refractivity contribution is 0.171. The van der Waals surface area contributed by atoms with E-state index in [1.807, 2.05) is 23.9 Å². The molecule has 2 aromatic carbocycles. The zero-order valence-electron chi connectivity index (χ0n) is 16.2. The van der Waals surface area contributed by atoms with Crippen LogP contribution >= 0.6 is 24.2 Å². The van der Waals surface area contributed by atoms with E-state index in [2.05, 4.69) is 46.3 Å². The maximum atomic E-state index is 12.3. The predicted octanol–water partition coefficient (Wildman–Crippen LogP) is 4.79. The lowest BCUT2D eigenvalue weighted by Gasteiger charge is -2.33. The third kappa shape index (κ3) is 4.12. The molecule has 1 N–H and O–H groups in total. The summed E-state index contributed by atoms with van der Waals surface area (Å²) in [5, 5.41) is 1.15. The Morgan fingerprint density at radius 1 is 1.03 bits per heavy atom. The van der Waals surface area contributed by atoms with Gasteiger partial charge in [0.25, 0.3) is 5.56 Å². The lowest BCUT2D eigenvalue weighted by Crippen LogP contribution is -2.38. The van der Waals surface area contributed by atoms with Crippen molar-refractivity contribution in [1.82, 2.24) is 4.98 Å². The zero-order valence-corrected chi connectivity index (χ0v) is 17.9. The number of thioether (sulfide) groups is 1. The van der Waals surface area contributed by atoms with Crippen LogP contribution in [-0.2, 0) is 12.2 Å². The van der Waals surface area contributed by atoms with Crippen molar-refractivity contribution in [2.45, 2.75) is 31.1 Å². The van der Waals surface area contributed by atoms with Gasteiger partial charge in [-0.15, -0.1) is 12.4 Å². The number of aromatic amines is 1. The molecular formula is C23H25ClN2O2S. The van der Waals surface area contributed by atoms with Gasteiger partial charge in [0.1, 0.15) is 11.9 Å². The van der Waals surface area contributed by atoms with E-state index in [0.717, 1.165) is 66.1 Å². The first kappa shape index (κ1) is 20.2. The molecule has 0 unspecified atom stereocenters. The van der Waals surface area contributed by atoms with Gasteiger partial charge in [0.2, 0.25) is 0 Å². The fraction of sp³-hybridized carbons (Fsp3) is 0.348. The molecular weight excluding hydrogens is 404 g/mol. The van der Waals surface area contributed by atoms with Crippen molar-refractivity contribution in [3.63, 3.8) is 0 Å². The van der Waals surface area contributed by atoms with Crippen LogP contribution in [0.2, 0.25) is 0 Å². The van der Waals surface area contributed by atoms with Gasteiger partial charge in [0.15, 0.2) is 0 Å². The summed E-state index contributed by atoms with van der Waals surface area (Å²) in [4.78, 5) is 17.8. The largest absolute Gasteiger partial charge is 0.490 e. The number of nitrogens with zero attached hydrogens (tertiary/aromatic N) is 1. The molecule has 1 saturated heterocycles. The molecule has 1 aromatic heterocycles. The van der Waals surface area contributed by atoms with Gasteiger partial charge in [-0.25, -0.2) is 0 Å². The van der Waals surface area contributed by atoms with Gasteiger partial charge < -0.3 is 14.6 Å². The Kier molecular flexibility index (Phi) is 6.07. The van der Waals surface area contributed by atoms with E-state index in [-0.39, 0.29) is 24.1 Å². The van der Waals surface area contributed by atoms with E-state index in [0.29, 0.717) is 0 Å². The molecule has 3 heterocycles. The van der Waals surface area contributed by atoms with Gasteiger partial charge in [-0.3, -0.25) is 4.79 Å². The number of rotatable bonds is 3. The summed E-state index contributed by atoms with van der Waals surface area (Å²) in [6.07, 6.45) is 3.24. The Morgan fingerprint density at radius 3 is 2.62 bits per heavy atom. The molecule has 29 heavy (non-hydrogen) atoms. The first-order chi connectivity index (χ1) is 13.8. The Labute approximate surface area is 181 Å². The molecule has 2 aliphatic heterocycles. The maximum Gasteiger partial charge on any atom is 0.252 e. The second kappa shape index (κ2) is 8.72. The third-order valence-electron chi connectivity index (χ3n) is 5.81. The van der Waals surface area contributed by atoms with Gasteiger partial charge in [-0.2, -0.15) is 11.8 Å². The van der Waals surface area contributed by atoms with Gasteiger partial charge in [-0.1, -0.05) is 18.2 Å². The van der Waals surface area contributed by atoms with Crippen molar-refractivity contribution < 1.29 is 4.74 Å². The summed E-state index contributed by atoms with van der Waals surface area (Å²) in [7, 11) is 0. The van der Waals surface area contributed by atoms with Crippen LogP contribution in [0.4, 0.5) is 5.69 Å². The van der Waals surface area contributed by atoms with Crippen LogP contribution < -0.4 is 15.2 Å². The Bertz CT molecular complexity index is 1050. The molecule has 6 heteroatoms. The molecule has 0 bridgehead atoms. The summed E-state index contributed by atoms with van der Waals surface area (Å²) in [5.41, 5.74) is 4.43. The summed E-state index contributed by atoms with van der Waals surface area (Å²) >= 11 is 1.84. The highest BCUT2D eigenvalue weighted by molar-refractivity contribution is 7.98. The number of piperidine rings is 1. The van der Waals surface area contributed by atoms with Crippen molar-refractivity contribution in [3.8, 4) is 5.75 Å². The van der Waals surface area contributed by atoms with Crippen molar-refractivity contribution in [1.29, 1.82) is 0 Å². The van der Waals surface area contributed by atoms with E-state index in [9.17, 15) is 4.79 Å². The number of aryl methyl sites for hydroxylation is 1. The fourth-order valence-corrected chi connectivity index (χ4v) is 5.30. The number of aromatic nitrogens is 1. The molecule has 5 rings (SSSR count). The van der Waals surface area contributed by atoms with Crippen LogP contribution in [0.3, 0.4) is 0 Å². The molecule has 1 fully saturated rings. The van der Waals surface area contributed by atoms with Crippen LogP contribution in [0.15, 0.2) is 53.3 Å². The van der Waals surface area contributed by atoms with Crippen molar-refractivity contribution in [2.24, 2.45) is 0 Å². The number of benzene rings is 2. The standard InChI is InChI=1S/C23H24N2O2S.ClH/c26-23-21-15-28-13-10-19(21)20-14-18(6-7-22(20)24-23)27-17-8-11-25(12-9-17)16-4-2-1-3-5-16;/h1-7,14,17H,8-13,15H2,(H,24,26);1H. The highest BCUT2D eigenvalue weighted by Gasteiger charge is 2.22. The Balaban J connectivity index is 0.00000205. The minimum absolute atomic E-state index is 0. The number of hydrogen-bond donors (Lipinski definition) is 1. The molecule has 0 atom stereocenters. The predicted molar refractivity (Wildman–Crippen MR) is 124 cm³/mol. The average molecular weight is 429 g/mol. The molecule has 3 aromatic rings. The Hall–Kier alpha value is -2.11. The van der Waals surface area contributed by atoms with Crippen LogP contribution in [0.1, 0.15) is 24.0 Å². The molecule has 4 nitrogen and oxygen atoms in total. The summed E-state index contributed by atoms with van der Waals surface area (Å²) in [6.45, 7) is 2.03. The van der Waals surface area contributed by atoms with Crippen LogP contribution in [0.5, 0.6) is 5.75 Å². The van der Waals surface area contributed by atoms with E-state index in [1.165, 1.54) is 11.3 Å². The number of hydrogen-bond acceptors (Lipinski definition) is 4. The van der Waals surface area contributed by atoms with E-state index < -0.39 is 0 Å². The van der Waals surface area contributed by atoms with E-state index >= 15 is 0 Å². The molecule has 0 radical (unpaired) electrons. The highest BCUT2D eigenvalue weighted by atomic mass is 35.5. The average Bonchev–Trinajstić information content (AvgIpc) is 2.76. The molecule has 152 valence electrons. The first-order valence-electron chi connectivity index (χ1n) is 10.00. The van der Waals surface area contributed by atoms with Gasteiger partial charge in [-0.05, 0) is 48.1 Å². The van der Waals surface area contributed by atoms with E-state index in [1.54, 1.807) is 0 Å². The Morgan fingerprint density at radius 2 is 1.83 bits per heavy atom. The SMILES string of the molecule is Cl.O=c1[nH]c2ccc(OC3CCN(c4ccccc4)CC3)cc2c2c1CSCC2. The van der Waals surface area contributed by atoms with Gasteiger partial charge in [0, 0.05) is 53.8 Å². The highest BCUT2D eigenvalue weighted by Crippen LogP contribution is 2.31. The van der Waals surface area contributed by atoms with Crippen LogP contribution in [-0.4, -0.2) is 29.9 Å². The number of halogens is 1. The molecule has 2 aliphatic rings. The summed E-state index contributed by atoms with van der Waals surface area (Å²) in [6, 6.07) is 16.7. The number of ether oxygens (including phenoxy) is 1. The number of H-pyrrole nitrogens is 1. The quantitative estimate of drug-likeness (QED) is 0.651. The van der Waals surface area contributed by atoms with Crippen LogP contribution in [0.25, 0.3) is 10.9 Å². The second-order valence-electron chi connectivity index (χ2n) is 7.56. The van der Waals surface area contributed by atoms with Crippen molar-refractivity contribution >= 4 is 40.8 Å². The number of anilines is 1.